The van der Waals surface area contributed by atoms with Crippen LogP contribution in [0.15, 0.2) is 53.2 Å². The van der Waals surface area contributed by atoms with Crippen LogP contribution in [0.4, 0.5) is 10.1 Å². The molecule has 132 valence electrons. The van der Waals surface area contributed by atoms with Gasteiger partial charge >= 0.3 is 0 Å². The number of aromatic nitrogens is 2. The van der Waals surface area contributed by atoms with E-state index in [9.17, 15) is 9.18 Å². The number of nitrogens with one attached hydrogen (secondary N) is 3. The van der Waals surface area contributed by atoms with Gasteiger partial charge in [-0.25, -0.2) is 9.02 Å². The highest BCUT2D eigenvalue weighted by Crippen LogP contribution is 2.20. The van der Waals surface area contributed by atoms with Gasteiger partial charge in [-0.15, -0.1) is 0 Å². The van der Waals surface area contributed by atoms with Gasteiger partial charge in [-0.2, -0.15) is 0 Å². The van der Waals surface area contributed by atoms with Crippen LogP contribution < -0.4 is 10.6 Å². The number of anilines is 1. The van der Waals surface area contributed by atoms with Gasteiger partial charge in [-0.05, 0) is 35.5 Å². The third kappa shape index (κ3) is 4.04. The molecule has 2 aromatic carbocycles. The lowest BCUT2D eigenvalue weighted by Gasteiger charge is -2.08. The van der Waals surface area contributed by atoms with Crippen molar-refractivity contribution in [3.05, 3.63) is 76.3 Å². The van der Waals surface area contributed by atoms with Crippen molar-refractivity contribution >= 4 is 29.0 Å². The van der Waals surface area contributed by atoms with Crippen LogP contribution in [0.5, 0.6) is 0 Å². The first-order valence-corrected chi connectivity index (χ1v) is 7.88. The molecule has 0 saturated carbocycles. The van der Waals surface area contributed by atoms with Crippen molar-refractivity contribution in [2.45, 2.75) is 6.54 Å². The fourth-order valence-corrected chi connectivity index (χ4v) is 2.33. The van der Waals surface area contributed by atoms with Gasteiger partial charge in [0, 0.05) is 11.3 Å². The Morgan fingerprint density at radius 3 is 2.69 bits per heavy atom. The fraction of sp³-hybridized carbons (Fsp3) is 0.0588. The smallest absolute Gasteiger partial charge is 0.251 e. The quantitative estimate of drug-likeness (QED) is 0.470. The van der Waals surface area contributed by atoms with E-state index < -0.39 is 5.82 Å². The summed E-state index contributed by atoms with van der Waals surface area (Å²) < 4.78 is 17.9. The summed E-state index contributed by atoms with van der Waals surface area (Å²) in [4.78, 5) is 12.1. The molecule has 1 amide bonds. The molecule has 0 fully saturated rings. The van der Waals surface area contributed by atoms with Crippen molar-refractivity contribution in [3.63, 3.8) is 0 Å². The maximum atomic E-state index is 13.2. The Morgan fingerprint density at radius 1 is 1.19 bits per heavy atom. The number of carbonyl (C=O) groups is 1. The first-order valence-electron chi connectivity index (χ1n) is 7.50. The maximum absolute atomic E-state index is 13.2. The van der Waals surface area contributed by atoms with Crippen molar-refractivity contribution in [2.24, 2.45) is 0 Å². The van der Waals surface area contributed by atoms with E-state index in [4.69, 9.17) is 17.0 Å². The second-order valence-electron chi connectivity index (χ2n) is 5.24. The molecule has 3 rings (SSSR count). The van der Waals surface area contributed by atoms with Crippen LogP contribution in [0.2, 0.25) is 5.02 Å². The largest absolute Gasteiger partial charge is 0.346 e. The van der Waals surface area contributed by atoms with Crippen LogP contribution in [0, 0.1) is 11.2 Å². The Labute approximate surface area is 152 Å². The monoisotopic (exact) mass is 373 g/mol. The van der Waals surface area contributed by atoms with Gasteiger partial charge in [-0.1, -0.05) is 35.0 Å². The second-order valence-corrected chi connectivity index (χ2v) is 5.64. The molecule has 0 aliphatic heterocycles. The normalized spacial score (nSPS) is 10.4. The summed E-state index contributed by atoms with van der Waals surface area (Å²) >= 11 is 5.72. The molecule has 7 nitrogen and oxygen atoms in total. The summed E-state index contributed by atoms with van der Waals surface area (Å²) in [7, 11) is 0. The van der Waals surface area contributed by atoms with Gasteiger partial charge in [0.05, 0.1) is 11.6 Å². The van der Waals surface area contributed by atoms with E-state index in [1.807, 2.05) is 6.07 Å². The summed E-state index contributed by atoms with van der Waals surface area (Å²) in [6.07, 6.45) is 0. The third-order valence-electron chi connectivity index (χ3n) is 3.43. The number of benzene rings is 2. The highest BCUT2D eigenvalue weighted by Gasteiger charge is 2.17. The first kappa shape index (κ1) is 17.6. The summed E-state index contributed by atoms with van der Waals surface area (Å²) in [5, 5.41) is 20.8. The number of amides is 1. The average molecular weight is 374 g/mol. The van der Waals surface area contributed by atoms with E-state index in [-0.39, 0.29) is 34.7 Å². The van der Waals surface area contributed by atoms with Crippen LogP contribution in [-0.4, -0.2) is 22.1 Å². The lowest BCUT2D eigenvalue weighted by Crippen LogP contribution is -2.25. The molecule has 0 aliphatic rings. The molecule has 3 N–H and O–H groups in total. The van der Waals surface area contributed by atoms with Gasteiger partial charge in [0.25, 0.3) is 5.91 Å². The van der Waals surface area contributed by atoms with E-state index in [2.05, 4.69) is 25.6 Å². The summed E-state index contributed by atoms with van der Waals surface area (Å²) in [6.45, 7) is 0.0286. The number of amidine groups is 1. The molecular formula is C17H13ClFN5O2. The van der Waals surface area contributed by atoms with E-state index in [1.165, 1.54) is 18.2 Å². The van der Waals surface area contributed by atoms with Crippen LogP contribution in [0.25, 0.3) is 0 Å². The third-order valence-corrected chi connectivity index (χ3v) is 3.72. The Hall–Kier alpha value is -3.26. The molecular weight excluding hydrogens is 361 g/mol. The van der Waals surface area contributed by atoms with E-state index in [0.29, 0.717) is 11.3 Å². The molecule has 0 aliphatic carbocycles. The Morgan fingerprint density at radius 2 is 1.96 bits per heavy atom. The highest BCUT2D eigenvalue weighted by atomic mass is 35.5. The van der Waals surface area contributed by atoms with Crippen LogP contribution >= 0.6 is 11.6 Å². The molecule has 0 bridgehead atoms. The molecule has 0 unspecified atom stereocenters. The van der Waals surface area contributed by atoms with Crippen LogP contribution in [0.3, 0.4) is 0 Å². The molecule has 3 aromatic rings. The van der Waals surface area contributed by atoms with Gasteiger partial charge in [0.1, 0.15) is 11.5 Å². The number of halogens is 2. The minimum Gasteiger partial charge on any atom is -0.346 e. The Balaban J connectivity index is 1.66. The summed E-state index contributed by atoms with van der Waals surface area (Å²) in [5.41, 5.74) is 1.31. The second kappa shape index (κ2) is 7.75. The standard InChI is InChI=1S/C17H13ClFN5O2/c18-12-8-11(6-7-13(12)19)22-16(20)15-14(23-26-24-15)9-21-17(25)10-4-2-1-3-5-10/h1-8H,9H2,(H2,20,22)(H,21,25). The Bertz CT molecular complexity index is 945. The number of hydrogen-bond donors (Lipinski definition) is 3. The SMILES string of the molecule is N=C(Nc1ccc(F)c(Cl)c1)c1nonc1CNC(=O)c1ccccc1. The molecule has 0 spiro atoms. The van der Waals surface area contributed by atoms with E-state index >= 15 is 0 Å². The molecule has 1 aromatic heterocycles. The van der Waals surface area contributed by atoms with Crippen molar-refractivity contribution in [1.82, 2.24) is 15.6 Å². The van der Waals surface area contributed by atoms with Gasteiger partial charge in [-0.3, -0.25) is 10.2 Å². The number of nitrogens with zero attached hydrogens (tertiary/aromatic N) is 2. The molecule has 0 atom stereocenters. The Kier molecular flexibility index (Phi) is 5.23. The van der Waals surface area contributed by atoms with Crippen LogP contribution in [-0.2, 0) is 6.54 Å². The number of hydrogen-bond acceptors (Lipinski definition) is 5. The number of rotatable bonds is 5. The van der Waals surface area contributed by atoms with Crippen molar-refractivity contribution in [1.29, 1.82) is 5.41 Å². The molecule has 26 heavy (non-hydrogen) atoms. The van der Waals surface area contributed by atoms with Crippen molar-refractivity contribution in [2.75, 3.05) is 5.32 Å². The number of carbonyl (C=O) groups excluding carboxylic acids is 1. The average Bonchev–Trinajstić information content (AvgIpc) is 3.12. The predicted octanol–water partition coefficient (Wildman–Crippen LogP) is 3.23. The minimum absolute atomic E-state index is 0.0286. The molecule has 0 saturated heterocycles. The lowest BCUT2D eigenvalue weighted by atomic mass is 10.2. The van der Waals surface area contributed by atoms with E-state index in [0.717, 1.165) is 0 Å². The summed E-state index contributed by atoms with van der Waals surface area (Å²) in [6, 6.07) is 12.6. The molecule has 1 heterocycles. The zero-order valence-electron chi connectivity index (χ0n) is 13.3. The van der Waals surface area contributed by atoms with Crippen molar-refractivity contribution in [3.8, 4) is 0 Å². The van der Waals surface area contributed by atoms with Crippen LogP contribution in [0.1, 0.15) is 21.7 Å². The van der Waals surface area contributed by atoms with E-state index in [1.54, 1.807) is 24.3 Å². The topological polar surface area (TPSA) is 104 Å². The van der Waals surface area contributed by atoms with Gasteiger partial charge in [0.2, 0.25) is 0 Å². The molecule has 9 heteroatoms. The molecule has 0 radical (unpaired) electrons. The van der Waals surface area contributed by atoms with Crippen molar-refractivity contribution < 1.29 is 13.8 Å². The zero-order chi connectivity index (χ0) is 18.5. The first-order chi connectivity index (χ1) is 12.5. The van der Waals surface area contributed by atoms with Gasteiger partial charge in [0.15, 0.2) is 11.5 Å². The zero-order valence-corrected chi connectivity index (χ0v) is 14.0. The highest BCUT2D eigenvalue weighted by molar-refractivity contribution is 6.31. The van der Waals surface area contributed by atoms with Gasteiger partial charge < -0.3 is 10.6 Å². The predicted molar refractivity (Wildman–Crippen MR) is 93.8 cm³/mol. The maximum Gasteiger partial charge on any atom is 0.251 e. The fourth-order valence-electron chi connectivity index (χ4n) is 2.15. The minimum atomic E-state index is -0.559. The lowest BCUT2D eigenvalue weighted by molar-refractivity contribution is 0.0950. The summed E-state index contributed by atoms with van der Waals surface area (Å²) in [5.74, 6) is -0.974.